The van der Waals surface area contributed by atoms with E-state index in [1.165, 1.54) is 11.3 Å². The summed E-state index contributed by atoms with van der Waals surface area (Å²) < 4.78 is 5.49. The summed E-state index contributed by atoms with van der Waals surface area (Å²) >= 11 is 1.19. The van der Waals surface area contributed by atoms with Gasteiger partial charge in [-0.25, -0.2) is 4.98 Å². The molecule has 0 radical (unpaired) electrons. The van der Waals surface area contributed by atoms with E-state index in [1.807, 2.05) is 24.3 Å². The minimum Gasteiger partial charge on any atom is -0.494 e. The van der Waals surface area contributed by atoms with E-state index in [1.54, 1.807) is 6.92 Å². The van der Waals surface area contributed by atoms with Gasteiger partial charge in [0, 0.05) is 5.69 Å². The van der Waals surface area contributed by atoms with Crippen LogP contribution >= 0.6 is 11.3 Å². The summed E-state index contributed by atoms with van der Waals surface area (Å²) in [6.07, 6.45) is 0.963. The highest BCUT2D eigenvalue weighted by atomic mass is 32.1. The van der Waals surface area contributed by atoms with Gasteiger partial charge in [-0.1, -0.05) is 18.3 Å². The van der Waals surface area contributed by atoms with Gasteiger partial charge >= 0.3 is 0 Å². The van der Waals surface area contributed by atoms with Crippen molar-refractivity contribution < 1.29 is 9.53 Å². The van der Waals surface area contributed by atoms with E-state index in [0.717, 1.165) is 12.2 Å². The summed E-state index contributed by atoms with van der Waals surface area (Å²) in [5.74, 6) is 0.599. The van der Waals surface area contributed by atoms with Crippen LogP contribution in [-0.2, 0) is 0 Å². The summed E-state index contributed by atoms with van der Waals surface area (Å²) in [6, 6.07) is 7.28. The Balaban J connectivity index is 2.02. The van der Waals surface area contributed by atoms with Crippen molar-refractivity contribution in [2.75, 3.05) is 17.7 Å². The quantitative estimate of drug-likeness (QED) is 0.887. The molecule has 2 aromatic rings. The van der Waals surface area contributed by atoms with Crippen LogP contribution in [0.25, 0.3) is 0 Å². The smallest absolute Gasteiger partial charge is 0.267 e. The lowest BCUT2D eigenvalue weighted by molar-refractivity contribution is 0.103. The number of nitrogen functional groups attached to an aromatic ring is 1. The average Bonchev–Trinajstić information content (AvgIpc) is 2.77. The van der Waals surface area contributed by atoms with Crippen molar-refractivity contribution in [3.8, 4) is 5.75 Å². The van der Waals surface area contributed by atoms with E-state index in [-0.39, 0.29) is 5.91 Å². The maximum Gasteiger partial charge on any atom is 0.267 e. The topological polar surface area (TPSA) is 77.2 Å². The second-order valence-corrected chi connectivity index (χ2v) is 5.32. The van der Waals surface area contributed by atoms with Crippen LogP contribution in [0.3, 0.4) is 0 Å². The number of thiazole rings is 1. The first-order valence-corrected chi connectivity index (χ1v) is 7.19. The lowest BCUT2D eigenvalue weighted by Gasteiger charge is -2.07. The van der Waals surface area contributed by atoms with Crippen molar-refractivity contribution in [3.05, 3.63) is 34.8 Å². The summed E-state index contributed by atoms with van der Waals surface area (Å²) in [5.41, 5.74) is 6.95. The average molecular weight is 291 g/mol. The molecule has 0 saturated carbocycles. The number of hydrogen-bond donors (Lipinski definition) is 2. The summed E-state index contributed by atoms with van der Waals surface area (Å²) in [5, 5.41) is 3.22. The highest BCUT2D eigenvalue weighted by Crippen LogP contribution is 2.22. The number of rotatable bonds is 5. The number of carbonyl (C=O) groups is 1. The summed E-state index contributed by atoms with van der Waals surface area (Å²) in [7, 11) is 0. The predicted octanol–water partition coefficient (Wildman–Crippen LogP) is 3.07. The molecule has 1 heterocycles. The number of nitrogens with zero attached hydrogens (tertiary/aromatic N) is 1. The van der Waals surface area contributed by atoms with E-state index in [9.17, 15) is 4.79 Å². The molecule has 3 N–H and O–H groups in total. The van der Waals surface area contributed by atoms with E-state index in [2.05, 4.69) is 17.2 Å². The van der Waals surface area contributed by atoms with Crippen LogP contribution in [0.15, 0.2) is 24.3 Å². The van der Waals surface area contributed by atoms with Crippen molar-refractivity contribution >= 4 is 28.1 Å². The van der Waals surface area contributed by atoms with Gasteiger partial charge in [0.05, 0.1) is 12.3 Å². The molecule has 0 saturated heterocycles. The zero-order valence-electron chi connectivity index (χ0n) is 11.5. The van der Waals surface area contributed by atoms with Crippen molar-refractivity contribution in [1.82, 2.24) is 4.98 Å². The predicted molar refractivity (Wildman–Crippen MR) is 81.4 cm³/mol. The third-order valence-electron chi connectivity index (χ3n) is 2.60. The second kappa shape index (κ2) is 6.38. The Morgan fingerprint density at radius 3 is 2.65 bits per heavy atom. The van der Waals surface area contributed by atoms with Crippen LogP contribution in [0.5, 0.6) is 5.75 Å². The van der Waals surface area contributed by atoms with Crippen LogP contribution in [0, 0.1) is 6.92 Å². The molecule has 2 rings (SSSR count). The van der Waals surface area contributed by atoms with Gasteiger partial charge in [0.2, 0.25) is 0 Å². The Hall–Kier alpha value is -2.08. The lowest BCUT2D eigenvalue weighted by Crippen LogP contribution is -2.11. The molecule has 20 heavy (non-hydrogen) atoms. The fourth-order valence-corrected chi connectivity index (χ4v) is 2.40. The molecule has 0 aliphatic carbocycles. The molecular formula is C14H17N3O2S. The second-order valence-electron chi connectivity index (χ2n) is 4.29. The Kier molecular flexibility index (Phi) is 4.57. The Morgan fingerprint density at radius 2 is 2.10 bits per heavy atom. The molecule has 0 fully saturated rings. The fourth-order valence-electron chi connectivity index (χ4n) is 1.67. The molecule has 0 aliphatic rings. The van der Waals surface area contributed by atoms with Crippen LogP contribution in [-0.4, -0.2) is 17.5 Å². The van der Waals surface area contributed by atoms with Gasteiger partial charge in [-0.15, -0.1) is 0 Å². The van der Waals surface area contributed by atoms with E-state index >= 15 is 0 Å². The van der Waals surface area contributed by atoms with Crippen LogP contribution < -0.4 is 15.8 Å². The number of carbonyl (C=O) groups excluding carboxylic acids is 1. The molecule has 5 nitrogen and oxygen atoms in total. The molecule has 0 bridgehead atoms. The Labute approximate surface area is 121 Å². The molecule has 0 unspecified atom stereocenters. The van der Waals surface area contributed by atoms with Crippen LogP contribution in [0.2, 0.25) is 0 Å². The molecular weight excluding hydrogens is 274 g/mol. The monoisotopic (exact) mass is 291 g/mol. The Morgan fingerprint density at radius 1 is 1.40 bits per heavy atom. The zero-order chi connectivity index (χ0) is 14.5. The number of aromatic nitrogens is 1. The standard InChI is InChI=1S/C14H17N3O2S/c1-3-8-19-11-6-4-10(5-7-11)17-13(18)12-9(2)16-14(15)20-12/h4-7H,3,8H2,1-2H3,(H2,15,16)(H,17,18). The molecule has 1 amide bonds. The zero-order valence-corrected chi connectivity index (χ0v) is 12.3. The molecule has 1 aromatic heterocycles. The fraction of sp³-hybridized carbons (Fsp3) is 0.286. The van der Waals surface area contributed by atoms with Crippen LogP contribution in [0.4, 0.5) is 10.8 Å². The SMILES string of the molecule is CCCOc1ccc(NC(=O)c2sc(N)nc2C)cc1. The first-order chi connectivity index (χ1) is 9.60. The van der Waals surface area contributed by atoms with E-state index in [4.69, 9.17) is 10.5 Å². The number of anilines is 2. The van der Waals surface area contributed by atoms with Crippen molar-refractivity contribution in [1.29, 1.82) is 0 Å². The number of benzene rings is 1. The Bertz CT molecular complexity index is 593. The van der Waals surface area contributed by atoms with Gasteiger partial charge < -0.3 is 15.8 Å². The van der Waals surface area contributed by atoms with Crippen molar-refractivity contribution in [3.63, 3.8) is 0 Å². The third kappa shape index (κ3) is 3.48. The number of hydrogen-bond acceptors (Lipinski definition) is 5. The van der Waals surface area contributed by atoms with Gasteiger partial charge in [0.1, 0.15) is 10.6 Å². The number of nitrogens with one attached hydrogen (secondary N) is 1. The summed E-state index contributed by atoms with van der Waals surface area (Å²) in [6.45, 7) is 4.51. The molecule has 6 heteroatoms. The maximum absolute atomic E-state index is 12.1. The van der Waals surface area contributed by atoms with Crippen molar-refractivity contribution in [2.24, 2.45) is 0 Å². The number of aryl methyl sites for hydroxylation is 1. The highest BCUT2D eigenvalue weighted by molar-refractivity contribution is 7.17. The lowest BCUT2D eigenvalue weighted by atomic mass is 10.3. The van der Waals surface area contributed by atoms with Crippen molar-refractivity contribution in [2.45, 2.75) is 20.3 Å². The van der Waals surface area contributed by atoms with Gasteiger partial charge in [-0.2, -0.15) is 0 Å². The minimum absolute atomic E-state index is 0.195. The largest absolute Gasteiger partial charge is 0.494 e. The van der Waals surface area contributed by atoms with Gasteiger partial charge in [-0.05, 0) is 37.6 Å². The van der Waals surface area contributed by atoms with Gasteiger partial charge in [0.15, 0.2) is 5.13 Å². The van der Waals surface area contributed by atoms with Gasteiger partial charge in [0.25, 0.3) is 5.91 Å². The number of nitrogens with two attached hydrogens (primary N) is 1. The highest BCUT2D eigenvalue weighted by Gasteiger charge is 2.14. The number of amides is 1. The minimum atomic E-state index is -0.195. The van der Waals surface area contributed by atoms with Crippen LogP contribution in [0.1, 0.15) is 28.7 Å². The molecule has 106 valence electrons. The first kappa shape index (κ1) is 14.3. The van der Waals surface area contributed by atoms with E-state index < -0.39 is 0 Å². The number of ether oxygens (including phenoxy) is 1. The molecule has 0 spiro atoms. The van der Waals surface area contributed by atoms with Gasteiger partial charge in [-0.3, -0.25) is 4.79 Å². The third-order valence-corrected chi connectivity index (χ3v) is 3.59. The summed E-state index contributed by atoms with van der Waals surface area (Å²) in [4.78, 5) is 16.7. The normalized spacial score (nSPS) is 10.3. The first-order valence-electron chi connectivity index (χ1n) is 6.37. The molecule has 0 aliphatic heterocycles. The van der Waals surface area contributed by atoms with E-state index in [0.29, 0.717) is 28.0 Å². The maximum atomic E-state index is 12.1. The molecule has 0 atom stereocenters. The molecule has 1 aromatic carbocycles.